The molecule has 0 aromatic heterocycles. The molecule has 0 N–H and O–H groups in total. The Morgan fingerprint density at radius 2 is 1.50 bits per heavy atom. The molecule has 0 aliphatic heterocycles. The summed E-state index contributed by atoms with van der Waals surface area (Å²) < 4.78 is 5.47. The first-order valence-corrected chi connectivity index (χ1v) is 5.41. The Hall–Kier alpha value is -0.0400. The molecule has 4 unspecified atom stereocenters. The maximum atomic E-state index is 5.47. The summed E-state index contributed by atoms with van der Waals surface area (Å²) in [4.78, 5) is 0. The van der Waals surface area contributed by atoms with Gasteiger partial charge in [0.2, 0.25) is 0 Å². The normalized spacial score (nSPS) is 56.2. The number of hydrogen-bond acceptors (Lipinski definition) is 1. The zero-order valence-electron chi connectivity index (χ0n) is 7.83. The molecule has 3 aliphatic rings. The predicted octanol–water partition coefficient (Wildman–Crippen LogP) is 2.46. The van der Waals surface area contributed by atoms with Gasteiger partial charge in [-0.1, -0.05) is 0 Å². The van der Waals surface area contributed by atoms with Gasteiger partial charge < -0.3 is 4.74 Å². The highest BCUT2D eigenvalue weighted by atomic mass is 16.5. The lowest BCUT2D eigenvalue weighted by atomic mass is 9.82. The van der Waals surface area contributed by atoms with E-state index < -0.39 is 0 Å². The molecule has 4 atom stereocenters. The third kappa shape index (κ3) is 0.834. The molecule has 0 heterocycles. The van der Waals surface area contributed by atoms with Crippen LogP contribution in [-0.2, 0) is 4.74 Å². The fourth-order valence-electron chi connectivity index (χ4n) is 4.16. The van der Waals surface area contributed by atoms with Crippen molar-refractivity contribution in [1.82, 2.24) is 0 Å². The van der Waals surface area contributed by atoms with Crippen LogP contribution >= 0.6 is 0 Å². The molecule has 1 nitrogen and oxygen atoms in total. The summed E-state index contributed by atoms with van der Waals surface area (Å²) in [5.74, 6) is 4.32. The van der Waals surface area contributed by atoms with Crippen molar-refractivity contribution in [2.75, 3.05) is 7.11 Å². The highest BCUT2D eigenvalue weighted by molar-refractivity contribution is 5.01. The van der Waals surface area contributed by atoms with Gasteiger partial charge in [0, 0.05) is 7.11 Å². The van der Waals surface area contributed by atoms with E-state index in [0.29, 0.717) is 6.10 Å². The molecule has 0 aromatic carbocycles. The van der Waals surface area contributed by atoms with E-state index in [-0.39, 0.29) is 0 Å². The minimum Gasteiger partial charge on any atom is -0.381 e. The van der Waals surface area contributed by atoms with Crippen molar-refractivity contribution in [1.29, 1.82) is 0 Å². The molecule has 1 heteroatoms. The molecule has 3 aliphatic carbocycles. The van der Waals surface area contributed by atoms with Crippen LogP contribution in [0.5, 0.6) is 0 Å². The first kappa shape index (κ1) is 7.37. The maximum absolute atomic E-state index is 5.47. The monoisotopic (exact) mass is 166 g/mol. The molecule has 0 aromatic rings. The Kier molecular flexibility index (Phi) is 1.52. The van der Waals surface area contributed by atoms with E-state index in [0.717, 1.165) is 23.7 Å². The molecule has 0 saturated heterocycles. The van der Waals surface area contributed by atoms with Crippen LogP contribution in [0, 0.1) is 23.7 Å². The Morgan fingerprint density at radius 1 is 0.917 bits per heavy atom. The largest absolute Gasteiger partial charge is 0.381 e. The lowest BCUT2D eigenvalue weighted by molar-refractivity contribution is 0.0983. The lowest BCUT2D eigenvalue weighted by Gasteiger charge is -2.23. The Balaban J connectivity index is 1.78. The Labute approximate surface area is 74.5 Å². The van der Waals surface area contributed by atoms with Crippen molar-refractivity contribution in [2.45, 2.75) is 38.2 Å². The van der Waals surface area contributed by atoms with Gasteiger partial charge in [-0.3, -0.25) is 0 Å². The van der Waals surface area contributed by atoms with Crippen LogP contribution in [0.4, 0.5) is 0 Å². The lowest BCUT2D eigenvalue weighted by Crippen LogP contribution is -2.15. The highest BCUT2D eigenvalue weighted by Crippen LogP contribution is 2.58. The summed E-state index contributed by atoms with van der Waals surface area (Å²) in [6.07, 6.45) is 7.99. The second kappa shape index (κ2) is 2.47. The smallest absolute Gasteiger partial charge is 0.0577 e. The average molecular weight is 166 g/mol. The van der Waals surface area contributed by atoms with E-state index in [9.17, 15) is 0 Å². The molecule has 12 heavy (non-hydrogen) atoms. The van der Waals surface area contributed by atoms with Gasteiger partial charge in [-0.05, 0) is 55.8 Å². The van der Waals surface area contributed by atoms with Gasteiger partial charge in [-0.15, -0.1) is 0 Å². The molecule has 0 amide bonds. The summed E-state index contributed by atoms with van der Waals surface area (Å²) in [6.45, 7) is 0. The quantitative estimate of drug-likeness (QED) is 0.581. The first-order chi connectivity index (χ1) is 5.88. The van der Waals surface area contributed by atoms with E-state index >= 15 is 0 Å². The minimum atomic E-state index is 0.614. The number of ether oxygens (including phenoxy) is 1. The van der Waals surface area contributed by atoms with E-state index in [2.05, 4.69) is 0 Å². The van der Waals surface area contributed by atoms with Crippen LogP contribution in [0.1, 0.15) is 32.1 Å². The number of hydrogen-bond donors (Lipinski definition) is 0. The van der Waals surface area contributed by atoms with Crippen LogP contribution in [0.2, 0.25) is 0 Å². The molecule has 0 spiro atoms. The van der Waals surface area contributed by atoms with Gasteiger partial charge in [0.05, 0.1) is 6.10 Å². The van der Waals surface area contributed by atoms with E-state index in [1.165, 1.54) is 25.7 Å². The number of rotatable bonds is 1. The van der Waals surface area contributed by atoms with E-state index in [4.69, 9.17) is 4.74 Å². The first-order valence-electron chi connectivity index (χ1n) is 5.41. The summed E-state index contributed by atoms with van der Waals surface area (Å²) in [5.41, 5.74) is 0. The molecule has 3 rings (SSSR count). The van der Waals surface area contributed by atoms with Crippen molar-refractivity contribution in [2.24, 2.45) is 23.7 Å². The summed E-state index contributed by atoms with van der Waals surface area (Å²) in [6, 6.07) is 0. The SMILES string of the molecule is COC1CC2C3CCC(C3)C2C1. The van der Waals surface area contributed by atoms with Gasteiger partial charge in [0.25, 0.3) is 0 Å². The molecule has 3 fully saturated rings. The third-order valence-electron chi connectivity index (χ3n) is 4.68. The van der Waals surface area contributed by atoms with Crippen LogP contribution in [-0.4, -0.2) is 13.2 Å². The average Bonchev–Trinajstić information content (AvgIpc) is 2.75. The second-order valence-corrected chi connectivity index (χ2v) is 4.99. The zero-order valence-corrected chi connectivity index (χ0v) is 7.83. The van der Waals surface area contributed by atoms with E-state index in [1.807, 2.05) is 7.11 Å². The van der Waals surface area contributed by atoms with Crippen molar-refractivity contribution in [3.63, 3.8) is 0 Å². The van der Waals surface area contributed by atoms with Crippen LogP contribution in [0.3, 0.4) is 0 Å². The molecular formula is C11H18O. The van der Waals surface area contributed by atoms with Crippen LogP contribution in [0.15, 0.2) is 0 Å². The van der Waals surface area contributed by atoms with Crippen molar-refractivity contribution < 1.29 is 4.74 Å². The Bertz CT molecular complexity index is 171. The molecule has 2 bridgehead atoms. The molecule has 68 valence electrons. The maximum Gasteiger partial charge on any atom is 0.0577 e. The van der Waals surface area contributed by atoms with Gasteiger partial charge in [-0.25, -0.2) is 0 Å². The van der Waals surface area contributed by atoms with Crippen molar-refractivity contribution >= 4 is 0 Å². The zero-order chi connectivity index (χ0) is 8.13. The predicted molar refractivity (Wildman–Crippen MR) is 47.8 cm³/mol. The summed E-state index contributed by atoms with van der Waals surface area (Å²) >= 11 is 0. The van der Waals surface area contributed by atoms with Crippen LogP contribution < -0.4 is 0 Å². The Morgan fingerprint density at radius 3 is 2.00 bits per heavy atom. The molecule has 3 saturated carbocycles. The second-order valence-electron chi connectivity index (χ2n) is 4.99. The van der Waals surface area contributed by atoms with Gasteiger partial charge >= 0.3 is 0 Å². The topological polar surface area (TPSA) is 9.23 Å². The third-order valence-corrected chi connectivity index (χ3v) is 4.68. The van der Waals surface area contributed by atoms with E-state index in [1.54, 1.807) is 6.42 Å². The van der Waals surface area contributed by atoms with Gasteiger partial charge in [0.15, 0.2) is 0 Å². The summed E-state index contributed by atoms with van der Waals surface area (Å²) in [7, 11) is 1.88. The molecule has 0 radical (unpaired) electrons. The van der Waals surface area contributed by atoms with Gasteiger partial charge in [-0.2, -0.15) is 0 Å². The summed E-state index contributed by atoms with van der Waals surface area (Å²) in [5, 5.41) is 0. The molecular weight excluding hydrogens is 148 g/mol. The highest BCUT2D eigenvalue weighted by Gasteiger charge is 2.51. The number of methoxy groups -OCH3 is 1. The standard InChI is InChI=1S/C11H18O/c1-12-9-5-10-7-2-3-8(4-7)11(10)6-9/h7-11H,2-6H2,1H3. The van der Waals surface area contributed by atoms with Crippen LogP contribution in [0.25, 0.3) is 0 Å². The van der Waals surface area contributed by atoms with Gasteiger partial charge in [0.1, 0.15) is 0 Å². The fourth-order valence-corrected chi connectivity index (χ4v) is 4.16. The number of fused-ring (bicyclic) bond motifs is 5. The fraction of sp³-hybridized carbons (Fsp3) is 1.00. The minimum absolute atomic E-state index is 0.614. The van der Waals surface area contributed by atoms with Crippen molar-refractivity contribution in [3.05, 3.63) is 0 Å². The van der Waals surface area contributed by atoms with Crippen molar-refractivity contribution in [3.8, 4) is 0 Å².